The Hall–Kier alpha value is -4.64. The summed E-state index contributed by atoms with van der Waals surface area (Å²) in [5.74, 6) is -0.971. The minimum Gasteiger partial charge on any atom is -0.478 e. The van der Waals surface area contributed by atoms with Gasteiger partial charge in [0.25, 0.3) is 0 Å². The summed E-state index contributed by atoms with van der Waals surface area (Å²) < 4.78 is 0. The zero-order valence-electron chi connectivity index (χ0n) is 21.0. The molecule has 0 unspecified atom stereocenters. The predicted molar refractivity (Wildman–Crippen MR) is 152 cm³/mol. The number of rotatable bonds is 8. The van der Waals surface area contributed by atoms with Crippen molar-refractivity contribution in [1.29, 1.82) is 0 Å². The number of carboxylic acid groups (broad SMARTS) is 1. The first-order valence-corrected chi connectivity index (χ1v) is 12.3. The number of aryl methyl sites for hydroxylation is 1. The van der Waals surface area contributed by atoms with Crippen molar-refractivity contribution in [3.63, 3.8) is 0 Å². The van der Waals surface area contributed by atoms with Crippen LogP contribution in [0, 0.1) is 0 Å². The zero-order chi connectivity index (χ0) is 26.2. The van der Waals surface area contributed by atoms with Crippen molar-refractivity contribution in [2.24, 2.45) is 0 Å². The Kier molecular flexibility index (Phi) is 8.16. The molecule has 0 heterocycles. The Morgan fingerprint density at radius 1 is 0.838 bits per heavy atom. The monoisotopic (exact) mass is 490 g/mol. The molecule has 0 saturated heterocycles. The molecule has 186 valence electrons. The number of carbonyl (C=O) groups excluding carboxylic acids is 1. The van der Waals surface area contributed by atoms with Gasteiger partial charge in [0.05, 0.1) is 5.57 Å². The summed E-state index contributed by atoms with van der Waals surface area (Å²) in [6, 6.07) is 32.2. The number of aliphatic carboxylic acids is 1. The topological polar surface area (TPSA) is 69.6 Å². The van der Waals surface area contributed by atoms with Gasteiger partial charge in [-0.25, -0.2) is 9.59 Å². The number of nitrogens with zero attached hydrogens (tertiary/aromatic N) is 1. The van der Waals surface area contributed by atoms with Crippen LogP contribution in [0.15, 0.2) is 103 Å². The molecular weight excluding hydrogens is 460 g/mol. The van der Waals surface area contributed by atoms with E-state index < -0.39 is 5.97 Å². The lowest BCUT2D eigenvalue weighted by Gasteiger charge is -2.19. The smallest absolute Gasteiger partial charge is 0.336 e. The Bertz CT molecular complexity index is 1390. The molecule has 4 rings (SSSR count). The van der Waals surface area contributed by atoms with E-state index in [0.717, 1.165) is 40.9 Å². The van der Waals surface area contributed by atoms with Gasteiger partial charge in [-0.15, -0.1) is 0 Å². The molecule has 2 amide bonds. The third-order valence-corrected chi connectivity index (χ3v) is 6.15. The lowest BCUT2D eigenvalue weighted by Crippen LogP contribution is -2.31. The van der Waals surface area contributed by atoms with Crippen molar-refractivity contribution < 1.29 is 14.7 Å². The van der Waals surface area contributed by atoms with Crippen LogP contribution >= 0.6 is 0 Å². The largest absolute Gasteiger partial charge is 0.478 e. The third-order valence-electron chi connectivity index (χ3n) is 6.15. The van der Waals surface area contributed by atoms with Crippen molar-refractivity contribution in [3.05, 3.63) is 120 Å². The van der Waals surface area contributed by atoms with Gasteiger partial charge < -0.3 is 10.4 Å². The van der Waals surface area contributed by atoms with Crippen LogP contribution in [0.2, 0.25) is 0 Å². The van der Waals surface area contributed by atoms with Gasteiger partial charge in [-0.1, -0.05) is 92.2 Å². The Morgan fingerprint density at radius 3 is 2.19 bits per heavy atom. The zero-order valence-corrected chi connectivity index (χ0v) is 21.0. The van der Waals surface area contributed by atoms with Gasteiger partial charge in [0.15, 0.2) is 0 Å². The molecule has 4 aromatic carbocycles. The number of urea groups is 1. The average Bonchev–Trinajstić information content (AvgIpc) is 2.93. The summed E-state index contributed by atoms with van der Waals surface area (Å²) in [5.41, 5.74) is 6.39. The van der Waals surface area contributed by atoms with Crippen LogP contribution in [0.4, 0.5) is 16.2 Å². The SMILES string of the molecule is CCCc1ccc(NC(=O)N(C)c2cccc(-c3ccc(C=C(C(=O)O)c4ccccc4)cc3)c2)cc1. The van der Waals surface area contributed by atoms with E-state index in [9.17, 15) is 14.7 Å². The first-order chi connectivity index (χ1) is 17.9. The summed E-state index contributed by atoms with van der Waals surface area (Å²) in [6.45, 7) is 2.14. The van der Waals surface area contributed by atoms with E-state index in [1.807, 2.05) is 91.0 Å². The molecule has 5 heteroatoms. The second-order valence-corrected chi connectivity index (χ2v) is 8.84. The number of amides is 2. The summed E-state index contributed by atoms with van der Waals surface area (Å²) in [5, 5.41) is 12.6. The highest BCUT2D eigenvalue weighted by molar-refractivity contribution is 6.20. The van der Waals surface area contributed by atoms with Crippen LogP contribution in [-0.4, -0.2) is 24.2 Å². The van der Waals surface area contributed by atoms with Gasteiger partial charge in [0.1, 0.15) is 0 Å². The number of hydrogen-bond acceptors (Lipinski definition) is 2. The van der Waals surface area contributed by atoms with Crippen LogP contribution in [-0.2, 0) is 11.2 Å². The summed E-state index contributed by atoms with van der Waals surface area (Å²) in [4.78, 5) is 26.2. The minimum absolute atomic E-state index is 0.219. The van der Waals surface area contributed by atoms with Crippen LogP contribution in [0.3, 0.4) is 0 Å². The third kappa shape index (κ3) is 6.53. The Morgan fingerprint density at radius 2 is 1.54 bits per heavy atom. The molecule has 4 aromatic rings. The highest BCUT2D eigenvalue weighted by atomic mass is 16.4. The molecule has 0 fully saturated rings. The normalized spacial score (nSPS) is 11.1. The van der Waals surface area contributed by atoms with Crippen LogP contribution in [0.25, 0.3) is 22.8 Å². The molecule has 0 aliphatic heterocycles. The fraction of sp³-hybridized carbons (Fsp3) is 0.125. The molecule has 37 heavy (non-hydrogen) atoms. The molecule has 0 aliphatic carbocycles. The molecule has 0 spiro atoms. The molecule has 0 bridgehead atoms. The Labute approximate surface area is 217 Å². The maximum atomic E-state index is 12.9. The number of nitrogens with one attached hydrogen (secondary N) is 1. The van der Waals surface area contributed by atoms with Gasteiger partial charge in [0, 0.05) is 18.4 Å². The lowest BCUT2D eigenvalue weighted by atomic mass is 10.00. The van der Waals surface area contributed by atoms with Crippen LogP contribution in [0.1, 0.15) is 30.0 Å². The number of benzene rings is 4. The van der Waals surface area contributed by atoms with E-state index in [2.05, 4.69) is 12.2 Å². The van der Waals surface area contributed by atoms with E-state index in [1.54, 1.807) is 30.2 Å². The van der Waals surface area contributed by atoms with Gasteiger partial charge in [-0.2, -0.15) is 0 Å². The number of hydrogen-bond donors (Lipinski definition) is 2. The molecule has 0 saturated carbocycles. The van der Waals surface area contributed by atoms with E-state index in [4.69, 9.17) is 0 Å². The molecule has 0 radical (unpaired) electrons. The van der Waals surface area contributed by atoms with E-state index >= 15 is 0 Å². The summed E-state index contributed by atoms with van der Waals surface area (Å²) >= 11 is 0. The van der Waals surface area contributed by atoms with Gasteiger partial charge >= 0.3 is 12.0 Å². The molecule has 0 aromatic heterocycles. The van der Waals surface area contributed by atoms with Crippen molar-refractivity contribution in [1.82, 2.24) is 0 Å². The van der Waals surface area contributed by atoms with Gasteiger partial charge in [-0.05, 0) is 64.6 Å². The highest BCUT2D eigenvalue weighted by Crippen LogP contribution is 2.26. The van der Waals surface area contributed by atoms with E-state index in [-0.39, 0.29) is 11.6 Å². The lowest BCUT2D eigenvalue weighted by molar-refractivity contribution is -0.130. The van der Waals surface area contributed by atoms with E-state index in [1.165, 1.54) is 5.56 Å². The molecule has 5 nitrogen and oxygen atoms in total. The molecular formula is C32H30N2O3. The maximum Gasteiger partial charge on any atom is 0.336 e. The maximum absolute atomic E-state index is 12.9. The second-order valence-electron chi connectivity index (χ2n) is 8.84. The van der Waals surface area contributed by atoms with Crippen LogP contribution in [0.5, 0.6) is 0 Å². The van der Waals surface area contributed by atoms with Crippen molar-refractivity contribution in [2.45, 2.75) is 19.8 Å². The average molecular weight is 491 g/mol. The fourth-order valence-electron chi connectivity index (χ4n) is 4.09. The van der Waals surface area contributed by atoms with Gasteiger partial charge in [-0.3, -0.25) is 4.90 Å². The van der Waals surface area contributed by atoms with Gasteiger partial charge in [0.2, 0.25) is 0 Å². The van der Waals surface area contributed by atoms with Crippen molar-refractivity contribution in [2.75, 3.05) is 17.3 Å². The van der Waals surface area contributed by atoms with Crippen LogP contribution < -0.4 is 10.2 Å². The predicted octanol–water partition coefficient (Wildman–Crippen LogP) is 7.60. The molecule has 2 N–H and O–H groups in total. The minimum atomic E-state index is -0.971. The first-order valence-electron chi connectivity index (χ1n) is 12.3. The standard InChI is InChI=1S/C32H30N2O3/c1-3-8-23-15-19-28(20-16-23)33-32(37)34(2)29-12-7-11-27(22-29)25-17-13-24(14-18-25)21-30(31(35)36)26-9-5-4-6-10-26/h4-7,9-22H,3,8H2,1-2H3,(H,33,37)(H,35,36). The number of carboxylic acids is 1. The highest BCUT2D eigenvalue weighted by Gasteiger charge is 2.13. The second kappa shape index (κ2) is 11.9. The molecule has 0 aliphatic rings. The molecule has 0 atom stereocenters. The van der Waals surface area contributed by atoms with E-state index in [0.29, 0.717) is 5.56 Å². The quantitative estimate of drug-likeness (QED) is 0.197. The number of anilines is 2. The van der Waals surface area contributed by atoms with Crippen molar-refractivity contribution in [3.8, 4) is 11.1 Å². The first kappa shape index (κ1) is 25.5. The number of carbonyl (C=O) groups is 2. The van der Waals surface area contributed by atoms with Crippen molar-refractivity contribution >= 4 is 35.0 Å². The summed E-state index contributed by atoms with van der Waals surface area (Å²) in [6.07, 6.45) is 3.78. The Balaban J connectivity index is 1.49. The fourth-order valence-corrected chi connectivity index (χ4v) is 4.09. The summed E-state index contributed by atoms with van der Waals surface area (Å²) in [7, 11) is 1.74.